The number of amides is 1. The Bertz CT molecular complexity index is 1420. The van der Waals surface area contributed by atoms with Gasteiger partial charge in [-0.3, -0.25) is 14.2 Å². The Labute approximate surface area is 209 Å². The number of methoxy groups -OCH3 is 1. The fourth-order valence-corrected chi connectivity index (χ4v) is 4.43. The van der Waals surface area contributed by atoms with Crippen molar-refractivity contribution in [2.75, 3.05) is 12.9 Å². The van der Waals surface area contributed by atoms with Gasteiger partial charge in [-0.1, -0.05) is 53.2 Å². The van der Waals surface area contributed by atoms with E-state index in [0.717, 1.165) is 11.8 Å². The Morgan fingerprint density at radius 3 is 2.50 bits per heavy atom. The van der Waals surface area contributed by atoms with Crippen molar-refractivity contribution in [2.24, 2.45) is 5.10 Å². The third kappa shape index (κ3) is 5.25. The summed E-state index contributed by atoms with van der Waals surface area (Å²) in [7, 11) is 1.57. The maximum absolute atomic E-state index is 13.3. The summed E-state index contributed by atoms with van der Waals surface area (Å²) in [5.74, 6) is 0.262. The van der Waals surface area contributed by atoms with E-state index in [0.29, 0.717) is 43.1 Å². The van der Waals surface area contributed by atoms with Crippen molar-refractivity contribution in [3.8, 4) is 11.4 Å². The number of hydrazone groups is 1. The number of benzene rings is 3. The molecule has 34 heavy (non-hydrogen) atoms. The molecule has 0 radical (unpaired) electrons. The number of carbonyl (C=O) groups excluding carboxylic acids is 1. The molecule has 4 rings (SSSR count). The third-order valence-electron chi connectivity index (χ3n) is 4.79. The zero-order chi connectivity index (χ0) is 24.1. The highest BCUT2D eigenvalue weighted by molar-refractivity contribution is 7.99. The zero-order valence-corrected chi connectivity index (χ0v) is 20.2. The molecule has 0 unspecified atom stereocenters. The Morgan fingerprint density at radius 1 is 1.09 bits per heavy atom. The van der Waals surface area contributed by atoms with Crippen LogP contribution in [-0.4, -0.2) is 34.5 Å². The van der Waals surface area contributed by atoms with E-state index in [-0.39, 0.29) is 17.2 Å². The molecule has 0 aliphatic heterocycles. The topological polar surface area (TPSA) is 85.6 Å². The molecule has 1 N–H and O–H groups in total. The Hall–Kier alpha value is -3.33. The van der Waals surface area contributed by atoms with Crippen LogP contribution < -0.4 is 15.7 Å². The van der Waals surface area contributed by atoms with Gasteiger partial charge in [-0.15, -0.1) is 0 Å². The summed E-state index contributed by atoms with van der Waals surface area (Å²) >= 11 is 13.3. The van der Waals surface area contributed by atoms with Gasteiger partial charge in [0.2, 0.25) is 0 Å². The van der Waals surface area contributed by atoms with Crippen molar-refractivity contribution in [1.29, 1.82) is 0 Å². The van der Waals surface area contributed by atoms with Gasteiger partial charge >= 0.3 is 0 Å². The summed E-state index contributed by atoms with van der Waals surface area (Å²) in [6.45, 7) is 0. The van der Waals surface area contributed by atoms with E-state index in [1.807, 2.05) is 6.07 Å². The molecule has 0 spiro atoms. The molecule has 0 aliphatic carbocycles. The van der Waals surface area contributed by atoms with Gasteiger partial charge in [-0.2, -0.15) is 5.10 Å². The average molecular weight is 513 g/mol. The maximum atomic E-state index is 13.3. The molecule has 0 aliphatic rings. The van der Waals surface area contributed by atoms with Gasteiger partial charge in [-0.05, 0) is 48.5 Å². The van der Waals surface area contributed by atoms with Gasteiger partial charge in [0.25, 0.3) is 11.5 Å². The second kappa shape index (κ2) is 10.7. The molecule has 0 atom stereocenters. The number of fused-ring (bicyclic) bond motifs is 1. The molecule has 1 heterocycles. The van der Waals surface area contributed by atoms with Gasteiger partial charge in [-0.25, -0.2) is 10.4 Å². The summed E-state index contributed by atoms with van der Waals surface area (Å²) < 4.78 is 6.69. The molecule has 0 saturated heterocycles. The second-order valence-electron chi connectivity index (χ2n) is 6.97. The fraction of sp³-hybridized carbons (Fsp3) is 0.0833. The molecule has 4 aromatic rings. The van der Waals surface area contributed by atoms with E-state index in [4.69, 9.17) is 27.9 Å². The molecule has 0 fully saturated rings. The predicted octanol–water partition coefficient (Wildman–Crippen LogP) is 4.94. The number of nitrogens with one attached hydrogen (secondary N) is 1. The molecule has 0 bridgehead atoms. The number of hydrogen-bond donors (Lipinski definition) is 1. The molecule has 10 heteroatoms. The minimum atomic E-state index is -0.381. The molecule has 7 nitrogen and oxygen atoms in total. The first-order chi connectivity index (χ1) is 16.5. The summed E-state index contributed by atoms with van der Waals surface area (Å²) in [5.41, 5.74) is 3.87. The fourth-order valence-electron chi connectivity index (χ4n) is 3.13. The highest BCUT2D eigenvalue weighted by Crippen LogP contribution is 2.23. The lowest BCUT2D eigenvalue weighted by Crippen LogP contribution is -2.24. The Morgan fingerprint density at radius 2 is 1.79 bits per heavy atom. The summed E-state index contributed by atoms with van der Waals surface area (Å²) in [4.78, 5) is 30.3. The van der Waals surface area contributed by atoms with Crippen LogP contribution in [0.25, 0.3) is 16.6 Å². The van der Waals surface area contributed by atoms with Crippen LogP contribution >= 0.6 is 35.0 Å². The number of rotatable bonds is 7. The van der Waals surface area contributed by atoms with Crippen molar-refractivity contribution in [2.45, 2.75) is 5.16 Å². The number of thioether (sulfide) groups is 1. The number of aromatic nitrogens is 2. The zero-order valence-electron chi connectivity index (χ0n) is 17.9. The van der Waals surface area contributed by atoms with Crippen molar-refractivity contribution in [3.05, 3.63) is 92.7 Å². The average Bonchev–Trinajstić information content (AvgIpc) is 2.85. The highest BCUT2D eigenvalue weighted by atomic mass is 35.5. The second-order valence-corrected chi connectivity index (χ2v) is 8.72. The lowest BCUT2D eigenvalue weighted by molar-refractivity contribution is -0.118. The lowest BCUT2D eigenvalue weighted by Gasteiger charge is -2.13. The van der Waals surface area contributed by atoms with E-state index < -0.39 is 0 Å². The summed E-state index contributed by atoms with van der Waals surface area (Å²) in [5, 5.41) is 5.63. The minimum Gasteiger partial charge on any atom is -0.497 e. The van der Waals surface area contributed by atoms with Crippen LogP contribution in [0.2, 0.25) is 10.0 Å². The monoisotopic (exact) mass is 512 g/mol. The highest BCUT2D eigenvalue weighted by Gasteiger charge is 2.15. The van der Waals surface area contributed by atoms with E-state index in [1.165, 1.54) is 10.8 Å². The first kappa shape index (κ1) is 23.8. The van der Waals surface area contributed by atoms with Crippen LogP contribution in [0.5, 0.6) is 5.75 Å². The van der Waals surface area contributed by atoms with Crippen LogP contribution in [-0.2, 0) is 4.79 Å². The maximum Gasteiger partial charge on any atom is 0.266 e. The quantitative estimate of drug-likeness (QED) is 0.164. The summed E-state index contributed by atoms with van der Waals surface area (Å²) in [6.07, 6.45) is 1.38. The van der Waals surface area contributed by atoms with Gasteiger partial charge < -0.3 is 4.74 Å². The number of halogens is 2. The standard InChI is InChI=1S/C24H18Cl2N4O3S/c1-33-16-11-9-15(10-12-16)30-23(32)17-5-2-3-8-21(17)28-24(30)34-14-22(31)29-27-13-18-19(25)6-4-7-20(18)26/h2-13H,14H2,1H3,(H,29,31)/b27-13-. The number of nitrogens with zero attached hydrogens (tertiary/aromatic N) is 3. The van der Waals surface area contributed by atoms with Crippen LogP contribution in [0, 0.1) is 0 Å². The van der Waals surface area contributed by atoms with Crippen molar-refractivity contribution >= 4 is 58.0 Å². The van der Waals surface area contributed by atoms with Crippen LogP contribution in [0.3, 0.4) is 0 Å². The van der Waals surface area contributed by atoms with Gasteiger partial charge in [0.05, 0.1) is 45.7 Å². The molecule has 3 aromatic carbocycles. The number of carbonyl (C=O) groups is 1. The van der Waals surface area contributed by atoms with E-state index in [9.17, 15) is 9.59 Å². The minimum absolute atomic E-state index is 0.0193. The first-order valence-electron chi connectivity index (χ1n) is 10.0. The number of para-hydroxylation sites is 1. The molecule has 1 amide bonds. The van der Waals surface area contributed by atoms with Gasteiger partial charge in [0, 0.05) is 5.56 Å². The largest absolute Gasteiger partial charge is 0.497 e. The van der Waals surface area contributed by atoms with Gasteiger partial charge in [0.1, 0.15) is 5.75 Å². The Kier molecular flexibility index (Phi) is 7.52. The van der Waals surface area contributed by atoms with Crippen LogP contribution in [0.4, 0.5) is 0 Å². The normalized spacial score (nSPS) is 11.1. The molecular formula is C24H18Cl2N4O3S. The molecule has 1 aromatic heterocycles. The van der Waals surface area contributed by atoms with Crippen LogP contribution in [0.15, 0.2) is 81.8 Å². The van der Waals surface area contributed by atoms with Crippen LogP contribution in [0.1, 0.15) is 5.56 Å². The number of ether oxygens (including phenoxy) is 1. The van der Waals surface area contributed by atoms with E-state index in [2.05, 4.69) is 15.5 Å². The Balaban J connectivity index is 1.57. The molecular weight excluding hydrogens is 495 g/mol. The van der Waals surface area contributed by atoms with Crippen molar-refractivity contribution in [3.63, 3.8) is 0 Å². The smallest absolute Gasteiger partial charge is 0.266 e. The van der Waals surface area contributed by atoms with E-state index >= 15 is 0 Å². The third-order valence-corrected chi connectivity index (χ3v) is 6.39. The van der Waals surface area contributed by atoms with Crippen molar-refractivity contribution in [1.82, 2.24) is 15.0 Å². The summed E-state index contributed by atoms with van der Waals surface area (Å²) in [6, 6.07) is 19.2. The SMILES string of the molecule is COc1ccc(-n2c(SCC(=O)N/N=C\c3c(Cl)cccc3Cl)nc3ccccc3c2=O)cc1. The first-order valence-corrected chi connectivity index (χ1v) is 11.8. The lowest BCUT2D eigenvalue weighted by atomic mass is 10.2. The number of hydrogen-bond acceptors (Lipinski definition) is 6. The van der Waals surface area contributed by atoms with E-state index in [1.54, 1.807) is 67.8 Å². The molecule has 0 saturated carbocycles. The predicted molar refractivity (Wildman–Crippen MR) is 137 cm³/mol. The van der Waals surface area contributed by atoms with Crippen molar-refractivity contribution < 1.29 is 9.53 Å². The molecule has 172 valence electrons. The van der Waals surface area contributed by atoms with Gasteiger partial charge in [0.15, 0.2) is 5.16 Å².